The predicted octanol–water partition coefficient (Wildman–Crippen LogP) is 5.61. The van der Waals surface area contributed by atoms with Crippen molar-refractivity contribution in [2.24, 2.45) is 0 Å². The van der Waals surface area contributed by atoms with Crippen LogP contribution in [0.15, 0.2) is 59.4 Å². The summed E-state index contributed by atoms with van der Waals surface area (Å²) in [4.78, 5) is 13.2. The first kappa shape index (κ1) is 23.4. The quantitative estimate of drug-likeness (QED) is 0.353. The lowest BCUT2D eigenvalue weighted by Gasteiger charge is -2.08. The van der Waals surface area contributed by atoms with Crippen molar-refractivity contribution in [3.63, 3.8) is 0 Å². The zero-order valence-corrected chi connectivity index (χ0v) is 17.7. The molecular weight excluding hydrogens is 462 g/mol. The molecule has 4 aromatic rings. The van der Waals surface area contributed by atoms with Crippen molar-refractivity contribution in [1.82, 2.24) is 20.0 Å². The van der Waals surface area contributed by atoms with Crippen LogP contribution in [0.1, 0.15) is 29.3 Å². The molecule has 0 saturated carbocycles. The van der Waals surface area contributed by atoms with Gasteiger partial charge in [-0.2, -0.15) is 31.7 Å². The molecule has 2 heterocycles. The van der Waals surface area contributed by atoms with E-state index in [9.17, 15) is 31.1 Å². The highest BCUT2D eigenvalue weighted by Crippen LogP contribution is 2.32. The van der Waals surface area contributed by atoms with Gasteiger partial charge in [0.05, 0.1) is 11.3 Å². The molecule has 2 N–H and O–H groups in total. The Labute approximate surface area is 189 Å². The average molecular weight is 480 g/mol. The zero-order valence-electron chi connectivity index (χ0n) is 17.7. The Morgan fingerprint density at radius 2 is 1.59 bits per heavy atom. The molecule has 0 aliphatic rings. The molecular formula is C23H18F6N4O. The molecule has 0 fully saturated rings. The van der Waals surface area contributed by atoms with Crippen LogP contribution in [0.5, 0.6) is 0 Å². The maximum Gasteiger partial charge on any atom is 0.416 e. The van der Waals surface area contributed by atoms with E-state index < -0.39 is 34.7 Å². The summed E-state index contributed by atoms with van der Waals surface area (Å²) in [6, 6.07) is 10.9. The fraction of sp³-hybridized carbons (Fsp3) is 0.217. The second kappa shape index (κ2) is 8.54. The van der Waals surface area contributed by atoms with Crippen LogP contribution in [0.4, 0.5) is 26.3 Å². The highest BCUT2D eigenvalue weighted by Gasteiger charge is 2.31. The van der Waals surface area contributed by atoms with Crippen LogP contribution in [-0.4, -0.2) is 20.0 Å². The fourth-order valence-electron chi connectivity index (χ4n) is 3.50. The van der Waals surface area contributed by atoms with Crippen LogP contribution >= 0.6 is 0 Å². The first-order valence-electron chi connectivity index (χ1n) is 10.1. The van der Waals surface area contributed by atoms with Gasteiger partial charge in [0.1, 0.15) is 11.5 Å². The molecule has 11 heteroatoms. The normalized spacial score (nSPS) is 12.3. The topological polar surface area (TPSA) is 66.5 Å². The van der Waals surface area contributed by atoms with E-state index in [4.69, 9.17) is 0 Å². The second-order valence-corrected chi connectivity index (χ2v) is 7.84. The number of hydrogen-bond acceptors (Lipinski definition) is 2. The van der Waals surface area contributed by atoms with Crippen molar-refractivity contribution in [3.05, 3.63) is 93.2 Å². The van der Waals surface area contributed by atoms with Gasteiger partial charge in [0, 0.05) is 18.6 Å². The molecule has 2 aromatic heterocycles. The van der Waals surface area contributed by atoms with Gasteiger partial charge in [-0.1, -0.05) is 24.3 Å². The van der Waals surface area contributed by atoms with Crippen molar-refractivity contribution in [1.29, 1.82) is 0 Å². The van der Waals surface area contributed by atoms with Gasteiger partial charge in [0.25, 0.3) is 11.5 Å². The Morgan fingerprint density at radius 3 is 2.15 bits per heavy atom. The van der Waals surface area contributed by atoms with Gasteiger partial charge in [-0.3, -0.25) is 15.0 Å². The molecule has 178 valence electrons. The molecule has 5 nitrogen and oxygen atoms in total. The van der Waals surface area contributed by atoms with Gasteiger partial charge in [-0.15, -0.1) is 0 Å². The summed E-state index contributed by atoms with van der Waals surface area (Å²) in [5, 5.41) is 8.75. The van der Waals surface area contributed by atoms with Crippen molar-refractivity contribution < 1.29 is 26.3 Å². The third kappa shape index (κ3) is 4.78. The number of aryl methyl sites for hydroxylation is 1. The van der Waals surface area contributed by atoms with Crippen LogP contribution < -0.4 is 5.56 Å². The number of benzene rings is 2. The van der Waals surface area contributed by atoms with Gasteiger partial charge >= 0.3 is 6.18 Å². The monoisotopic (exact) mass is 480 g/mol. The minimum Gasteiger partial charge on any atom is -0.289 e. The van der Waals surface area contributed by atoms with Gasteiger partial charge < -0.3 is 0 Å². The molecule has 0 aliphatic carbocycles. The molecule has 0 saturated heterocycles. The lowest BCUT2D eigenvalue weighted by molar-refractivity contribution is -0.137. The standard InChI is InChI=1S/C23H18F6N4O/c1-22(25,26)18-12-19(31-30-18)33-21(34)17(11-4-13-2-9-16(24)10-3-13)20(32-33)14-5-7-15(8-6-14)23(27,28)29/h2-3,5-10,12,32H,4,11H2,1H3,(H,30,31). The van der Waals surface area contributed by atoms with Crippen molar-refractivity contribution in [3.8, 4) is 17.1 Å². The van der Waals surface area contributed by atoms with Gasteiger partial charge in [0.15, 0.2) is 5.82 Å². The molecule has 0 atom stereocenters. The summed E-state index contributed by atoms with van der Waals surface area (Å²) in [6.45, 7) is 0.670. The summed E-state index contributed by atoms with van der Waals surface area (Å²) < 4.78 is 80.3. The number of nitrogens with one attached hydrogen (secondary N) is 2. The van der Waals surface area contributed by atoms with E-state index in [1.165, 1.54) is 24.3 Å². The minimum atomic E-state index is -4.53. The van der Waals surface area contributed by atoms with E-state index in [0.717, 1.165) is 28.4 Å². The number of halogens is 6. The third-order valence-corrected chi connectivity index (χ3v) is 5.33. The largest absolute Gasteiger partial charge is 0.416 e. The van der Waals surface area contributed by atoms with Crippen molar-refractivity contribution in [2.45, 2.75) is 31.9 Å². The van der Waals surface area contributed by atoms with Crippen molar-refractivity contribution in [2.75, 3.05) is 0 Å². The summed E-state index contributed by atoms with van der Waals surface area (Å²) in [5.74, 6) is -3.76. The molecule has 4 rings (SSSR count). The van der Waals surface area contributed by atoms with Crippen molar-refractivity contribution >= 4 is 0 Å². The van der Waals surface area contributed by atoms with E-state index in [1.54, 1.807) is 12.1 Å². The predicted molar refractivity (Wildman–Crippen MR) is 112 cm³/mol. The van der Waals surface area contributed by atoms with E-state index in [0.29, 0.717) is 18.9 Å². The maximum atomic E-state index is 13.6. The number of nitrogens with zero attached hydrogens (tertiary/aromatic N) is 2. The number of aromatic nitrogens is 4. The molecule has 0 amide bonds. The number of alkyl halides is 5. The Morgan fingerprint density at radius 1 is 0.941 bits per heavy atom. The van der Waals surface area contributed by atoms with E-state index in [-0.39, 0.29) is 23.5 Å². The lowest BCUT2D eigenvalue weighted by atomic mass is 10.0. The zero-order chi connectivity index (χ0) is 24.7. The van der Waals surface area contributed by atoms with E-state index >= 15 is 0 Å². The average Bonchev–Trinajstić information content (AvgIpc) is 3.38. The second-order valence-electron chi connectivity index (χ2n) is 7.84. The first-order chi connectivity index (χ1) is 15.9. The lowest BCUT2D eigenvalue weighted by Crippen LogP contribution is -2.18. The summed E-state index contributed by atoms with van der Waals surface area (Å²) in [6.07, 6.45) is -4.04. The molecule has 0 bridgehead atoms. The molecule has 0 unspecified atom stereocenters. The Bertz CT molecular complexity index is 1340. The van der Waals surface area contributed by atoms with E-state index in [2.05, 4.69) is 15.3 Å². The van der Waals surface area contributed by atoms with Gasteiger partial charge in [-0.05, 0) is 48.2 Å². The van der Waals surface area contributed by atoms with E-state index in [1.807, 2.05) is 0 Å². The van der Waals surface area contributed by atoms with Crippen LogP contribution in [0.25, 0.3) is 17.1 Å². The number of rotatable bonds is 6. The number of hydrogen-bond donors (Lipinski definition) is 2. The SMILES string of the molecule is CC(F)(F)c1cc(-n2[nH]c(-c3ccc(C(F)(F)F)cc3)c(CCc3ccc(F)cc3)c2=O)n[nH]1. The number of aromatic amines is 2. The van der Waals surface area contributed by atoms with Gasteiger partial charge in [0.2, 0.25) is 0 Å². The summed E-state index contributed by atoms with van der Waals surface area (Å²) in [5.41, 5.74) is -0.463. The smallest absolute Gasteiger partial charge is 0.289 e. The molecule has 0 radical (unpaired) electrons. The molecule has 34 heavy (non-hydrogen) atoms. The maximum absolute atomic E-state index is 13.6. The Balaban J connectivity index is 1.76. The van der Waals surface area contributed by atoms with Crippen LogP contribution in [0.3, 0.4) is 0 Å². The molecule has 0 aliphatic heterocycles. The van der Waals surface area contributed by atoms with Gasteiger partial charge in [-0.25, -0.2) is 4.39 Å². The molecule has 0 spiro atoms. The Kier molecular flexibility index (Phi) is 5.88. The van der Waals surface area contributed by atoms with Crippen LogP contribution in [0.2, 0.25) is 0 Å². The minimum absolute atomic E-state index is 0.122. The highest BCUT2D eigenvalue weighted by atomic mass is 19.4. The highest BCUT2D eigenvalue weighted by molar-refractivity contribution is 5.63. The van der Waals surface area contributed by atoms with Crippen LogP contribution in [0, 0.1) is 5.82 Å². The third-order valence-electron chi connectivity index (χ3n) is 5.33. The molecule has 2 aromatic carbocycles. The number of H-pyrrole nitrogens is 2. The summed E-state index contributed by atoms with van der Waals surface area (Å²) in [7, 11) is 0. The fourth-order valence-corrected chi connectivity index (χ4v) is 3.50. The summed E-state index contributed by atoms with van der Waals surface area (Å²) >= 11 is 0. The Hall–Kier alpha value is -3.76. The van der Waals surface area contributed by atoms with Crippen LogP contribution in [-0.2, 0) is 24.9 Å². The first-order valence-corrected chi connectivity index (χ1v) is 10.1.